The van der Waals surface area contributed by atoms with Crippen molar-refractivity contribution in [1.82, 2.24) is 0 Å². The first-order chi connectivity index (χ1) is 8.66. The third-order valence-electron chi connectivity index (χ3n) is 5.86. The highest BCUT2D eigenvalue weighted by molar-refractivity contribution is 7.10. The quantitative estimate of drug-likeness (QED) is 0.842. The molecule has 18 heavy (non-hydrogen) atoms. The molecular weight excluding hydrogens is 240 g/mol. The molecule has 1 N–H and O–H groups in total. The molecule has 4 aliphatic rings. The molecule has 0 amide bonds. The summed E-state index contributed by atoms with van der Waals surface area (Å²) in [5.41, 5.74) is 1.46. The number of hydrogen-bond acceptors (Lipinski definition) is 2. The molecule has 4 saturated carbocycles. The molecule has 1 nitrogen and oxygen atoms in total. The highest BCUT2D eigenvalue weighted by atomic mass is 32.1. The van der Waals surface area contributed by atoms with E-state index < -0.39 is 0 Å². The topological polar surface area (TPSA) is 20.2 Å². The second kappa shape index (κ2) is 3.83. The first-order valence-corrected chi connectivity index (χ1v) is 8.26. The predicted octanol–water partition coefficient (Wildman–Crippen LogP) is 4.31. The molecule has 0 aromatic carbocycles. The Morgan fingerprint density at radius 1 is 1.17 bits per heavy atom. The van der Waals surface area contributed by atoms with Gasteiger partial charge in [0.2, 0.25) is 0 Å². The summed E-state index contributed by atoms with van der Waals surface area (Å²) < 4.78 is 0. The third kappa shape index (κ3) is 1.55. The zero-order chi connectivity index (χ0) is 12.3. The Labute approximate surface area is 113 Å². The van der Waals surface area contributed by atoms with E-state index in [9.17, 15) is 5.11 Å². The van der Waals surface area contributed by atoms with E-state index in [2.05, 4.69) is 18.4 Å². The van der Waals surface area contributed by atoms with Crippen molar-refractivity contribution in [1.29, 1.82) is 0 Å². The molecule has 4 fully saturated rings. The van der Waals surface area contributed by atoms with Gasteiger partial charge in [-0.15, -0.1) is 11.3 Å². The van der Waals surface area contributed by atoms with Gasteiger partial charge in [-0.3, -0.25) is 0 Å². The Hall–Kier alpha value is -0.340. The van der Waals surface area contributed by atoms with E-state index in [0.717, 1.165) is 17.8 Å². The fourth-order valence-corrected chi connectivity index (χ4v) is 6.26. The van der Waals surface area contributed by atoms with Crippen LogP contribution in [0.25, 0.3) is 0 Å². The summed E-state index contributed by atoms with van der Waals surface area (Å²) in [6.07, 6.45) is 8.02. The molecule has 0 aliphatic heterocycles. The Balaban J connectivity index is 1.69. The smallest absolute Gasteiger partial charge is 0.0857 e. The van der Waals surface area contributed by atoms with Crippen LogP contribution in [-0.4, -0.2) is 5.11 Å². The van der Waals surface area contributed by atoms with Crippen LogP contribution >= 0.6 is 11.3 Å². The molecule has 1 unspecified atom stereocenters. The average Bonchev–Trinajstić information content (AvgIpc) is 2.72. The largest absolute Gasteiger partial charge is 0.388 e. The average molecular weight is 262 g/mol. The van der Waals surface area contributed by atoms with E-state index in [1.54, 1.807) is 11.3 Å². The first kappa shape index (κ1) is 11.5. The van der Waals surface area contributed by atoms with Crippen LogP contribution in [0, 0.1) is 30.1 Å². The minimum absolute atomic E-state index is 0.197. The normalized spacial score (nSPS) is 43.3. The van der Waals surface area contributed by atoms with Gasteiger partial charge in [-0.05, 0) is 80.2 Å². The highest BCUT2D eigenvalue weighted by Crippen LogP contribution is 2.64. The Bertz CT molecular complexity index is 426. The molecule has 2 heteroatoms. The summed E-state index contributed by atoms with van der Waals surface area (Å²) in [6.45, 7) is 2.16. The lowest BCUT2D eigenvalue weighted by Gasteiger charge is -2.58. The maximum Gasteiger partial charge on any atom is 0.0857 e. The van der Waals surface area contributed by atoms with Gasteiger partial charge in [0.15, 0.2) is 0 Å². The van der Waals surface area contributed by atoms with Crippen molar-refractivity contribution in [3.8, 4) is 0 Å². The van der Waals surface area contributed by atoms with Gasteiger partial charge in [0, 0.05) is 10.3 Å². The SMILES string of the molecule is Cc1sccc1C(O)C12CC3CC(CC(C3)C1)C2. The number of aryl methyl sites for hydroxylation is 1. The monoisotopic (exact) mass is 262 g/mol. The van der Waals surface area contributed by atoms with Crippen LogP contribution < -0.4 is 0 Å². The Morgan fingerprint density at radius 3 is 2.17 bits per heavy atom. The summed E-state index contributed by atoms with van der Waals surface area (Å²) in [7, 11) is 0. The van der Waals surface area contributed by atoms with Crippen molar-refractivity contribution in [2.45, 2.75) is 51.6 Å². The minimum Gasteiger partial charge on any atom is -0.388 e. The van der Waals surface area contributed by atoms with Gasteiger partial charge < -0.3 is 5.11 Å². The van der Waals surface area contributed by atoms with Gasteiger partial charge in [0.25, 0.3) is 0 Å². The lowest BCUT2D eigenvalue weighted by atomic mass is 9.47. The molecule has 5 rings (SSSR count). The molecule has 0 radical (unpaired) electrons. The molecule has 0 saturated heterocycles. The molecule has 4 aliphatic carbocycles. The predicted molar refractivity (Wildman–Crippen MR) is 74.6 cm³/mol. The van der Waals surface area contributed by atoms with Crippen LogP contribution in [-0.2, 0) is 0 Å². The number of thiophene rings is 1. The van der Waals surface area contributed by atoms with E-state index in [1.807, 2.05) is 0 Å². The Kier molecular flexibility index (Phi) is 2.44. The van der Waals surface area contributed by atoms with Crippen LogP contribution in [0.2, 0.25) is 0 Å². The van der Waals surface area contributed by atoms with E-state index in [1.165, 1.54) is 49.0 Å². The summed E-state index contributed by atoms with van der Waals surface area (Å²) in [6, 6.07) is 2.16. The maximum absolute atomic E-state index is 11.0. The number of aliphatic hydroxyl groups is 1. The van der Waals surface area contributed by atoms with Crippen molar-refractivity contribution in [3.63, 3.8) is 0 Å². The number of rotatable bonds is 2. The van der Waals surface area contributed by atoms with Crippen LogP contribution in [0.1, 0.15) is 55.1 Å². The van der Waals surface area contributed by atoms with Crippen LogP contribution in [0.5, 0.6) is 0 Å². The van der Waals surface area contributed by atoms with E-state index in [0.29, 0.717) is 0 Å². The van der Waals surface area contributed by atoms with Gasteiger partial charge in [-0.1, -0.05) is 0 Å². The highest BCUT2D eigenvalue weighted by Gasteiger charge is 2.54. The second-order valence-electron chi connectivity index (χ2n) is 7.11. The molecule has 1 atom stereocenters. The molecule has 1 heterocycles. The van der Waals surface area contributed by atoms with Crippen molar-refractivity contribution >= 4 is 11.3 Å². The fraction of sp³-hybridized carbons (Fsp3) is 0.750. The summed E-state index contributed by atoms with van der Waals surface area (Å²) in [4.78, 5) is 1.32. The fourth-order valence-electron chi connectivity index (χ4n) is 5.52. The van der Waals surface area contributed by atoms with Crippen LogP contribution in [0.4, 0.5) is 0 Å². The van der Waals surface area contributed by atoms with Gasteiger partial charge in [-0.25, -0.2) is 0 Å². The second-order valence-corrected chi connectivity index (χ2v) is 8.23. The first-order valence-electron chi connectivity index (χ1n) is 7.38. The van der Waals surface area contributed by atoms with Crippen LogP contribution in [0.15, 0.2) is 11.4 Å². The van der Waals surface area contributed by atoms with Crippen molar-refractivity contribution in [2.24, 2.45) is 23.2 Å². The molecule has 1 aromatic heterocycles. The zero-order valence-corrected chi connectivity index (χ0v) is 11.9. The van der Waals surface area contributed by atoms with Crippen molar-refractivity contribution in [2.75, 3.05) is 0 Å². The van der Waals surface area contributed by atoms with Gasteiger partial charge in [0.05, 0.1) is 6.10 Å². The standard InChI is InChI=1S/C16H22OS/c1-10-14(2-3-18-10)15(17)16-7-11-4-12(8-16)6-13(5-11)9-16/h2-3,11-13,15,17H,4-9H2,1H3. The lowest BCUT2D eigenvalue weighted by molar-refractivity contribution is -0.122. The molecular formula is C16H22OS. The molecule has 0 spiro atoms. The maximum atomic E-state index is 11.0. The molecule has 98 valence electrons. The zero-order valence-electron chi connectivity index (χ0n) is 11.1. The minimum atomic E-state index is -0.197. The van der Waals surface area contributed by atoms with Gasteiger partial charge >= 0.3 is 0 Å². The summed E-state index contributed by atoms with van der Waals surface area (Å²) in [5, 5.41) is 13.1. The molecule has 1 aromatic rings. The summed E-state index contributed by atoms with van der Waals surface area (Å²) >= 11 is 1.78. The van der Waals surface area contributed by atoms with E-state index in [-0.39, 0.29) is 11.5 Å². The van der Waals surface area contributed by atoms with Gasteiger partial charge in [0.1, 0.15) is 0 Å². The number of aliphatic hydroxyl groups excluding tert-OH is 1. The van der Waals surface area contributed by atoms with E-state index >= 15 is 0 Å². The Morgan fingerprint density at radius 2 is 1.72 bits per heavy atom. The van der Waals surface area contributed by atoms with E-state index in [4.69, 9.17) is 0 Å². The number of hydrogen-bond donors (Lipinski definition) is 1. The van der Waals surface area contributed by atoms with Crippen molar-refractivity contribution in [3.05, 3.63) is 21.9 Å². The van der Waals surface area contributed by atoms with Crippen molar-refractivity contribution < 1.29 is 5.11 Å². The van der Waals surface area contributed by atoms with Gasteiger partial charge in [-0.2, -0.15) is 0 Å². The summed E-state index contributed by atoms with van der Waals surface area (Å²) in [5.74, 6) is 2.76. The third-order valence-corrected chi connectivity index (χ3v) is 6.72. The molecule has 4 bridgehead atoms. The van der Waals surface area contributed by atoms with Crippen LogP contribution in [0.3, 0.4) is 0 Å². The lowest BCUT2D eigenvalue weighted by Crippen LogP contribution is -2.48.